The number of pyridine rings is 1. The summed E-state index contributed by atoms with van der Waals surface area (Å²) in [5.74, 6) is 0.171. The van der Waals surface area contributed by atoms with Gasteiger partial charge in [0, 0.05) is 57.2 Å². The molecule has 0 spiro atoms. The first-order valence-electron chi connectivity index (χ1n) is 9.83. The number of aromatic nitrogens is 2. The molecule has 4 rings (SSSR count). The molecule has 3 heterocycles. The Labute approximate surface area is 165 Å². The van der Waals surface area contributed by atoms with E-state index in [0.717, 1.165) is 49.8 Å². The van der Waals surface area contributed by atoms with Gasteiger partial charge < -0.3 is 14.6 Å². The van der Waals surface area contributed by atoms with Gasteiger partial charge in [-0.15, -0.1) is 0 Å². The fourth-order valence-electron chi connectivity index (χ4n) is 3.76. The van der Waals surface area contributed by atoms with E-state index < -0.39 is 0 Å². The van der Waals surface area contributed by atoms with Gasteiger partial charge in [0.2, 0.25) is 5.91 Å². The van der Waals surface area contributed by atoms with Crippen molar-refractivity contribution in [3.05, 3.63) is 65.6 Å². The molecule has 0 radical (unpaired) electrons. The Hall–Kier alpha value is -2.86. The highest BCUT2D eigenvalue weighted by Crippen LogP contribution is 2.19. The van der Waals surface area contributed by atoms with E-state index in [-0.39, 0.29) is 5.91 Å². The average Bonchev–Trinajstić information content (AvgIpc) is 3.12. The highest BCUT2D eigenvalue weighted by Gasteiger charge is 2.19. The summed E-state index contributed by atoms with van der Waals surface area (Å²) in [7, 11) is 0. The molecule has 1 fully saturated rings. The average molecular weight is 377 g/mol. The quantitative estimate of drug-likeness (QED) is 0.743. The van der Waals surface area contributed by atoms with Gasteiger partial charge in [0.05, 0.1) is 12.2 Å². The van der Waals surface area contributed by atoms with Crippen molar-refractivity contribution < 1.29 is 4.79 Å². The van der Waals surface area contributed by atoms with Gasteiger partial charge in [0.15, 0.2) is 0 Å². The van der Waals surface area contributed by atoms with Crippen LogP contribution in [0.1, 0.15) is 23.9 Å². The fraction of sp³-hybridized carbons (Fsp3) is 0.364. The lowest BCUT2D eigenvalue weighted by Crippen LogP contribution is -2.47. The second kappa shape index (κ2) is 8.02. The summed E-state index contributed by atoms with van der Waals surface area (Å²) in [5.41, 5.74) is 5.61. The molecule has 6 nitrogen and oxygen atoms in total. The van der Waals surface area contributed by atoms with Crippen LogP contribution in [0.25, 0.3) is 5.65 Å². The standard InChI is InChI=1S/C22H27N5O/c1-17-6-5-9-22-24-20(16-27(17)22)14-23-21-8-4-3-7-19(21)15-25-10-12-26(13-11-25)18(2)28/h3-9,16,23H,10-15H2,1-2H3. The van der Waals surface area contributed by atoms with Crippen LogP contribution >= 0.6 is 0 Å². The van der Waals surface area contributed by atoms with Gasteiger partial charge in [0.1, 0.15) is 5.65 Å². The van der Waals surface area contributed by atoms with E-state index in [9.17, 15) is 4.79 Å². The third-order valence-electron chi connectivity index (χ3n) is 5.43. The number of fused-ring (bicyclic) bond motifs is 1. The predicted molar refractivity (Wildman–Crippen MR) is 111 cm³/mol. The van der Waals surface area contributed by atoms with Crippen LogP contribution in [0.15, 0.2) is 48.7 Å². The largest absolute Gasteiger partial charge is 0.379 e. The summed E-state index contributed by atoms with van der Waals surface area (Å²) in [5, 5.41) is 3.56. The molecule has 2 aromatic heterocycles. The van der Waals surface area contributed by atoms with E-state index in [1.165, 1.54) is 11.3 Å². The van der Waals surface area contributed by atoms with Gasteiger partial charge >= 0.3 is 0 Å². The van der Waals surface area contributed by atoms with Crippen LogP contribution in [0.5, 0.6) is 0 Å². The summed E-state index contributed by atoms with van der Waals surface area (Å²) >= 11 is 0. The molecule has 146 valence electrons. The minimum atomic E-state index is 0.171. The Morgan fingerprint density at radius 2 is 1.86 bits per heavy atom. The molecule has 1 aromatic carbocycles. The Bertz CT molecular complexity index is 972. The number of anilines is 1. The van der Waals surface area contributed by atoms with Crippen molar-refractivity contribution >= 4 is 17.2 Å². The first kappa shape index (κ1) is 18.5. The second-order valence-electron chi connectivity index (χ2n) is 7.42. The first-order chi connectivity index (χ1) is 13.6. The zero-order valence-corrected chi connectivity index (χ0v) is 16.6. The normalized spacial score (nSPS) is 15.1. The SMILES string of the molecule is CC(=O)N1CCN(Cc2ccccc2NCc2cn3c(C)cccc3n2)CC1. The zero-order valence-electron chi connectivity index (χ0n) is 16.6. The number of carbonyl (C=O) groups excluding carboxylic acids is 1. The Morgan fingerprint density at radius 1 is 1.07 bits per heavy atom. The Kier molecular flexibility index (Phi) is 5.30. The Morgan fingerprint density at radius 3 is 2.61 bits per heavy atom. The molecule has 6 heteroatoms. The van der Waals surface area contributed by atoms with Crippen molar-refractivity contribution in [1.29, 1.82) is 0 Å². The lowest BCUT2D eigenvalue weighted by Gasteiger charge is -2.34. The molecule has 1 amide bonds. The molecular formula is C22H27N5O. The summed E-state index contributed by atoms with van der Waals surface area (Å²) in [6.45, 7) is 8.77. The van der Waals surface area contributed by atoms with Gasteiger partial charge in [0.25, 0.3) is 0 Å². The molecule has 1 aliphatic rings. The van der Waals surface area contributed by atoms with Crippen LogP contribution in [0, 0.1) is 6.92 Å². The smallest absolute Gasteiger partial charge is 0.219 e. The maximum Gasteiger partial charge on any atom is 0.219 e. The van der Waals surface area contributed by atoms with E-state index in [1.54, 1.807) is 6.92 Å². The van der Waals surface area contributed by atoms with Crippen molar-refractivity contribution in [3.63, 3.8) is 0 Å². The molecular weight excluding hydrogens is 350 g/mol. The first-order valence-corrected chi connectivity index (χ1v) is 9.83. The molecule has 0 unspecified atom stereocenters. The maximum absolute atomic E-state index is 11.5. The molecule has 0 aliphatic carbocycles. The number of rotatable bonds is 5. The number of hydrogen-bond donors (Lipinski definition) is 1. The minimum absolute atomic E-state index is 0.171. The van der Waals surface area contributed by atoms with Gasteiger partial charge in [-0.3, -0.25) is 9.69 Å². The molecule has 0 saturated carbocycles. The van der Waals surface area contributed by atoms with Crippen LogP contribution < -0.4 is 5.32 Å². The topological polar surface area (TPSA) is 52.9 Å². The van der Waals surface area contributed by atoms with Gasteiger partial charge in [-0.25, -0.2) is 4.98 Å². The Balaban J connectivity index is 1.41. The van der Waals surface area contributed by atoms with Crippen LogP contribution in [0.4, 0.5) is 5.69 Å². The van der Waals surface area contributed by atoms with E-state index in [0.29, 0.717) is 6.54 Å². The van der Waals surface area contributed by atoms with E-state index in [1.807, 2.05) is 17.0 Å². The van der Waals surface area contributed by atoms with E-state index in [2.05, 4.69) is 58.1 Å². The van der Waals surface area contributed by atoms with Gasteiger partial charge in [-0.2, -0.15) is 0 Å². The summed E-state index contributed by atoms with van der Waals surface area (Å²) < 4.78 is 2.12. The molecule has 3 aromatic rings. The summed E-state index contributed by atoms with van der Waals surface area (Å²) in [6.07, 6.45) is 2.10. The maximum atomic E-state index is 11.5. The highest BCUT2D eigenvalue weighted by molar-refractivity contribution is 5.73. The van der Waals surface area contributed by atoms with Gasteiger partial charge in [-0.1, -0.05) is 24.3 Å². The molecule has 1 aliphatic heterocycles. The monoisotopic (exact) mass is 377 g/mol. The molecule has 0 bridgehead atoms. The van der Waals surface area contributed by atoms with Crippen LogP contribution in [0.3, 0.4) is 0 Å². The number of carbonyl (C=O) groups is 1. The predicted octanol–water partition coefficient (Wildman–Crippen LogP) is 2.92. The number of benzene rings is 1. The summed E-state index contributed by atoms with van der Waals surface area (Å²) in [4.78, 5) is 20.6. The lowest BCUT2D eigenvalue weighted by atomic mass is 10.1. The third kappa shape index (κ3) is 4.02. The number of hydrogen-bond acceptors (Lipinski definition) is 4. The van der Waals surface area contributed by atoms with Crippen LogP contribution in [-0.4, -0.2) is 51.3 Å². The molecule has 0 atom stereocenters. The van der Waals surface area contributed by atoms with Gasteiger partial charge in [-0.05, 0) is 30.7 Å². The third-order valence-corrected chi connectivity index (χ3v) is 5.43. The lowest BCUT2D eigenvalue weighted by molar-refractivity contribution is -0.130. The van der Waals surface area contributed by atoms with Crippen molar-refractivity contribution in [1.82, 2.24) is 19.2 Å². The fourth-order valence-corrected chi connectivity index (χ4v) is 3.76. The van der Waals surface area contributed by atoms with Crippen LogP contribution in [0.2, 0.25) is 0 Å². The number of para-hydroxylation sites is 1. The van der Waals surface area contributed by atoms with Crippen molar-refractivity contribution in [2.24, 2.45) is 0 Å². The van der Waals surface area contributed by atoms with Crippen LogP contribution in [-0.2, 0) is 17.9 Å². The minimum Gasteiger partial charge on any atom is -0.379 e. The molecule has 1 saturated heterocycles. The van der Waals surface area contributed by atoms with E-state index >= 15 is 0 Å². The van der Waals surface area contributed by atoms with Crippen molar-refractivity contribution in [2.75, 3.05) is 31.5 Å². The number of nitrogens with zero attached hydrogens (tertiary/aromatic N) is 4. The zero-order chi connectivity index (χ0) is 19.5. The second-order valence-corrected chi connectivity index (χ2v) is 7.42. The number of imidazole rings is 1. The van der Waals surface area contributed by atoms with Crippen molar-refractivity contribution in [2.45, 2.75) is 26.9 Å². The number of piperazine rings is 1. The highest BCUT2D eigenvalue weighted by atomic mass is 16.2. The molecule has 28 heavy (non-hydrogen) atoms. The number of nitrogens with one attached hydrogen (secondary N) is 1. The van der Waals surface area contributed by atoms with E-state index in [4.69, 9.17) is 4.98 Å². The summed E-state index contributed by atoms with van der Waals surface area (Å²) in [6, 6.07) is 14.6. The number of amides is 1. The van der Waals surface area contributed by atoms with Crippen molar-refractivity contribution in [3.8, 4) is 0 Å². The molecule has 1 N–H and O–H groups in total. The number of aryl methyl sites for hydroxylation is 1.